The van der Waals surface area contributed by atoms with Gasteiger partial charge in [0.15, 0.2) is 5.82 Å². The summed E-state index contributed by atoms with van der Waals surface area (Å²) in [6.07, 6.45) is 3.79. The molecule has 1 saturated carbocycles. The lowest BCUT2D eigenvalue weighted by Gasteiger charge is -2.30. The molecule has 3 aromatic rings. The van der Waals surface area contributed by atoms with Gasteiger partial charge in [0.05, 0.1) is 23.7 Å². The Hall–Kier alpha value is -3.68. The number of ether oxygens (including phenoxy) is 1. The quantitative estimate of drug-likeness (QED) is 0.683. The summed E-state index contributed by atoms with van der Waals surface area (Å²) >= 11 is 0. The molecule has 1 fully saturated rings. The van der Waals surface area contributed by atoms with Crippen LogP contribution in [0.3, 0.4) is 0 Å². The van der Waals surface area contributed by atoms with Crippen LogP contribution in [0, 0.1) is 17.2 Å². The summed E-state index contributed by atoms with van der Waals surface area (Å²) < 4.78 is 35.1. The highest BCUT2D eigenvalue weighted by Crippen LogP contribution is 2.32. The van der Waals surface area contributed by atoms with Gasteiger partial charge in [0.25, 0.3) is 0 Å². The molecule has 0 atom stereocenters. The Bertz CT molecular complexity index is 1160. The lowest BCUT2D eigenvalue weighted by atomic mass is 9.83. The largest absolute Gasteiger partial charge is 0.474 e. The van der Waals surface area contributed by atoms with Crippen molar-refractivity contribution >= 4 is 22.6 Å². The number of nitrogens with zero attached hydrogens (tertiary/aromatic N) is 6. The number of carbonyl (C=O) groups is 1. The molecule has 9 nitrogen and oxygen atoms in total. The van der Waals surface area contributed by atoms with Crippen LogP contribution >= 0.6 is 0 Å². The predicted octanol–water partition coefficient (Wildman–Crippen LogP) is 2.96. The van der Waals surface area contributed by atoms with Crippen LogP contribution in [0.15, 0.2) is 24.5 Å². The van der Waals surface area contributed by atoms with E-state index in [4.69, 9.17) is 10.00 Å². The first-order valence-corrected chi connectivity index (χ1v) is 9.18. The normalized spacial score (nSPS) is 18.5. The first kappa shape index (κ1) is 19.6. The maximum atomic E-state index is 14.0. The van der Waals surface area contributed by atoms with E-state index < -0.39 is 11.7 Å². The number of alkyl halides is 2. The second kappa shape index (κ2) is 7.29. The van der Waals surface area contributed by atoms with Gasteiger partial charge in [-0.3, -0.25) is 4.79 Å². The van der Waals surface area contributed by atoms with Crippen LogP contribution in [0.25, 0.3) is 16.7 Å². The number of halogens is 2. The molecule has 30 heavy (non-hydrogen) atoms. The fourth-order valence-corrected chi connectivity index (χ4v) is 3.07. The van der Waals surface area contributed by atoms with Crippen molar-refractivity contribution in [2.24, 2.45) is 5.92 Å². The third-order valence-corrected chi connectivity index (χ3v) is 4.62. The molecular weight excluding hydrogens is 396 g/mol. The number of anilines is 1. The zero-order chi connectivity index (χ0) is 21.5. The highest BCUT2D eigenvalue weighted by Gasteiger charge is 2.33. The molecule has 154 valence electrons. The Balaban J connectivity index is 1.75. The second-order valence-electron chi connectivity index (χ2n) is 7.18. The Morgan fingerprint density at radius 1 is 1.33 bits per heavy atom. The van der Waals surface area contributed by atoms with Gasteiger partial charge in [-0.15, -0.1) is 0 Å². The van der Waals surface area contributed by atoms with Crippen molar-refractivity contribution in [1.82, 2.24) is 24.7 Å². The van der Waals surface area contributed by atoms with E-state index in [0.717, 1.165) is 0 Å². The first-order chi connectivity index (χ1) is 14.2. The third kappa shape index (κ3) is 3.89. The van der Waals surface area contributed by atoms with Crippen molar-refractivity contribution in [1.29, 1.82) is 5.26 Å². The van der Waals surface area contributed by atoms with E-state index in [-0.39, 0.29) is 29.6 Å². The molecule has 0 spiro atoms. The minimum absolute atomic E-state index is 0.0160. The van der Waals surface area contributed by atoms with Gasteiger partial charge < -0.3 is 10.1 Å². The van der Waals surface area contributed by atoms with Gasteiger partial charge in [-0.2, -0.15) is 24.1 Å². The van der Waals surface area contributed by atoms with Crippen LogP contribution in [-0.4, -0.2) is 36.7 Å². The molecule has 1 amide bonds. The summed E-state index contributed by atoms with van der Waals surface area (Å²) in [5.74, 6) is -4.03. The molecule has 3 aromatic heterocycles. The average Bonchev–Trinajstić information content (AvgIpc) is 3.06. The smallest absolute Gasteiger partial charge is 0.304 e. The van der Waals surface area contributed by atoms with Crippen LogP contribution in [0.5, 0.6) is 5.88 Å². The number of hydrogen-bond donors (Lipinski definition) is 1. The molecule has 3 heterocycles. The number of pyridine rings is 1. The van der Waals surface area contributed by atoms with Gasteiger partial charge in [-0.05, 0) is 0 Å². The Morgan fingerprint density at radius 3 is 2.77 bits per heavy atom. The Morgan fingerprint density at radius 2 is 2.10 bits per heavy atom. The average molecular weight is 413 g/mol. The van der Waals surface area contributed by atoms with Crippen molar-refractivity contribution in [3.8, 4) is 17.8 Å². The summed E-state index contributed by atoms with van der Waals surface area (Å²) in [6.45, 7) is 2.05. The molecular formula is C19H17F2N7O2. The number of nitrogens with one attached hydrogen (secondary N) is 1. The molecule has 0 unspecified atom stereocenters. The number of hydrogen-bond acceptors (Lipinski definition) is 7. The minimum Gasteiger partial charge on any atom is -0.474 e. The van der Waals surface area contributed by atoms with Gasteiger partial charge in [0, 0.05) is 50.4 Å². The third-order valence-electron chi connectivity index (χ3n) is 4.62. The topological polar surface area (TPSA) is 119 Å². The van der Waals surface area contributed by atoms with E-state index >= 15 is 0 Å². The summed E-state index contributed by atoms with van der Waals surface area (Å²) in [5.41, 5.74) is 0.511. The van der Waals surface area contributed by atoms with E-state index in [1.54, 1.807) is 6.07 Å². The standard InChI is InChI=1S/C19H17F2N7O2/c1-10(29)25-15-5-14-12(8-23-15)9-24-28(14)16-6-17(27-18(26-16)19(2,20)21)30-13-3-11(4-13)7-22/h5-6,8-9,11,13H,3-4H2,1-2H3,(H,23,25,29). The highest BCUT2D eigenvalue weighted by molar-refractivity contribution is 5.90. The van der Waals surface area contributed by atoms with Gasteiger partial charge in [-0.25, -0.2) is 14.6 Å². The van der Waals surface area contributed by atoms with Crippen molar-refractivity contribution < 1.29 is 18.3 Å². The number of carbonyl (C=O) groups excluding carboxylic acids is 1. The van der Waals surface area contributed by atoms with Crippen molar-refractivity contribution in [3.05, 3.63) is 30.4 Å². The van der Waals surface area contributed by atoms with Crippen molar-refractivity contribution in [2.45, 2.75) is 38.7 Å². The lowest BCUT2D eigenvalue weighted by molar-refractivity contribution is -0.114. The first-order valence-electron chi connectivity index (χ1n) is 9.18. The monoisotopic (exact) mass is 413 g/mol. The molecule has 4 rings (SSSR count). The predicted molar refractivity (Wildman–Crippen MR) is 101 cm³/mol. The highest BCUT2D eigenvalue weighted by atomic mass is 19.3. The van der Waals surface area contributed by atoms with E-state index in [0.29, 0.717) is 36.5 Å². The number of rotatable bonds is 5. The fourth-order valence-electron chi connectivity index (χ4n) is 3.07. The SMILES string of the molecule is CC(=O)Nc1cc2c(cn1)cnn2-c1cc(OC2CC(C#N)C2)nc(C(C)(F)F)n1. The van der Waals surface area contributed by atoms with Crippen LogP contribution in [0.4, 0.5) is 14.6 Å². The summed E-state index contributed by atoms with van der Waals surface area (Å²) in [4.78, 5) is 23.2. The van der Waals surface area contributed by atoms with E-state index in [1.807, 2.05) is 0 Å². The van der Waals surface area contributed by atoms with Crippen LogP contribution in [0.2, 0.25) is 0 Å². The number of amides is 1. The number of aromatic nitrogens is 5. The molecule has 1 aliphatic rings. The maximum Gasteiger partial charge on any atom is 0.304 e. The maximum absolute atomic E-state index is 14.0. The molecule has 0 aromatic carbocycles. The van der Waals surface area contributed by atoms with E-state index in [2.05, 4.69) is 31.4 Å². The van der Waals surface area contributed by atoms with E-state index in [9.17, 15) is 13.6 Å². The molecule has 11 heteroatoms. The summed E-state index contributed by atoms with van der Waals surface area (Å²) in [6, 6.07) is 5.13. The van der Waals surface area contributed by atoms with Gasteiger partial charge >= 0.3 is 5.92 Å². The Labute approximate surface area is 169 Å². The van der Waals surface area contributed by atoms with Gasteiger partial charge in [0.1, 0.15) is 11.9 Å². The van der Waals surface area contributed by atoms with Crippen molar-refractivity contribution in [3.63, 3.8) is 0 Å². The lowest BCUT2D eigenvalue weighted by Crippen LogP contribution is -2.33. The Kier molecular flexibility index (Phi) is 4.77. The second-order valence-corrected chi connectivity index (χ2v) is 7.18. The molecule has 1 N–H and O–H groups in total. The van der Waals surface area contributed by atoms with Crippen LogP contribution in [-0.2, 0) is 10.7 Å². The van der Waals surface area contributed by atoms with Gasteiger partial charge in [0.2, 0.25) is 17.6 Å². The van der Waals surface area contributed by atoms with Crippen molar-refractivity contribution in [2.75, 3.05) is 5.32 Å². The summed E-state index contributed by atoms with van der Waals surface area (Å²) in [7, 11) is 0. The minimum atomic E-state index is -3.30. The fraction of sp³-hybridized carbons (Fsp3) is 0.368. The van der Waals surface area contributed by atoms with Crippen LogP contribution < -0.4 is 10.1 Å². The molecule has 0 radical (unpaired) electrons. The number of nitriles is 1. The van der Waals surface area contributed by atoms with E-state index in [1.165, 1.54) is 30.1 Å². The van der Waals surface area contributed by atoms with Crippen LogP contribution in [0.1, 0.15) is 32.5 Å². The molecule has 0 bridgehead atoms. The van der Waals surface area contributed by atoms with Gasteiger partial charge in [-0.1, -0.05) is 0 Å². The molecule has 0 aliphatic heterocycles. The zero-order valence-electron chi connectivity index (χ0n) is 16.1. The molecule has 0 saturated heterocycles. The molecule has 1 aliphatic carbocycles. The zero-order valence-corrected chi connectivity index (χ0v) is 16.1. The summed E-state index contributed by atoms with van der Waals surface area (Å²) in [5, 5.41) is 16.3. The number of fused-ring (bicyclic) bond motifs is 1.